The SMILES string of the molecule is Cc1cc(C)c([C@@H](C)NC(=O)c2ccc3c(c2)C[C@H](C)N3S(=O)(=O)c2ccc(Cl)cc2)cc1C. The van der Waals surface area contributed by atoms with E-state index in [2.05, 4.69) is 38.2 Å². The molecule has 0 aliphatic carbocycles. The zero-order valence-corrected chi connectivity index (χ0v) is 21.6. The molecule has 0 bridgehead atoms. The molecule has 0 radical (unpaired) electrons. The highest BCUT2D eigenvalue weighted by molar-refractivity contribution is 7.92. The summed E-state index contributed by atoms with van der Waals surface area (Å²) in [6.07, 6.45) is 0.537. The molecule has 0 spiro atoms. The largest absolute Gasteiger partial charge is 0.346 e. The molecule has 1 aliphatic heterocycles. The molecule has 1 N–H and O–H groups in total. The minimum atomic E-state index is -3.74. The lowest BCUT2D eigenvalue weighted by Crippen LogP contribution is -2.35. The van der Waals surface area contributed by atoms with Crippen molar-refractivity contribution in [1.82, 2.24) is 5.32 Å². The number of carbonyl (C=O) groups excluding carboxylic acids is 1. The van der Waals surface area contributed by atoms with Crippen molar-refractivity contribution in [1.29, 1.82) is 0 Å². The number of rotatable bonds is 5. The molecular weight excluding hydrogens is 468 g/mol. The van der Waals surface area contributed by atoms with Gasteiger partial charge in [0.05, 0.1) is 16.6 Å². The summed E-state index contributed by atoms with van der Waals surface area (Å²) >= 11 is 5.93. The van der Waals surface area contributed by atoms with Crippen LogP contribution >= 0.6 is 11.6 Å². The van der Waals surface area contributed by atoms with Crippen LogP contribution in [0.5, 0.6) is 0 Å². The Morgan fingerprint density at radius 2 is 1.65 bits per heavy atom. The first-order chi connectivity index (χ1) is 16.0. The van der Waals surface area contributed by atoms with Crippen LogP contribution in [0.25, 0.3) is 0 Å². The van der Waals surface area contributed by atoms with E-state index >= 15 is 0 Å². The Labute approximate surface area is 206 Å². The van der Waals surface area contributed by atoms with Crippen molar-refractivity contribution in [3.63, 3.8) is 0 Å². The van der Waals surface area contributed by atoms with Crippen LogP contribution in [-0.2, 0) is 16.4 Å². The molecule has 0 fully saturated rings. The van der Waals surface area contributed by atoms with Crippen molar-refractivity contribution in [2.45, 2.75) is 58.0 Å². The molecule has 3 aromatic carbocycles. The van der Waals surface area contributed by atoms with Gasteiger partial charge in [-0.1, -0.05) is 23.7 Å². The monoisotopic (exact) mass is 496 g/mol. The lowest BCUT2D eigenvalue weighted by Gasteiger charge is -2.24. The number of hydrogen-bond donors (Lipinski definition) is 1. The average Bonchev–Trinajstić information content (AvgIpc) is 3.12. The number of halogens is 1. The third kappa shape index (κ3) is 4.44. The third-order valence-electron chi connectivity index (χ3n) is 6.56. The van der Waals surface area contributed by atoms with Gasteiger partial charge in [-0.15, -0.1) is 0 Å². The first-order valence-corrected chi connectivity index (χ1v) is 13.1. The number of hydrogen-bond acceptors (Lipinski definition) is 3. The summed E-state index contributed by atoms with van der Waals surface area (Å²) in [4.78, 5) is 13.2. The maximum atomic E-state index is 13.3. The number of nitrogens with one attached hydrogen (secondary N) is 1. The van der Waals surface area contributed by atoms with Crippen LogP contribution in [0.3, 0.4) is 0 Å². The molecule has 0 saturated carbocycles. The van der Waals surface area contributed by atoms with E-state index in [4.69, 9.17) is 11.6 Å². The lowest BCUT2D eigenvalue weighted by molar-refractivity contribution is 0.0939. The van der Waals surface area contributed by atoms with Gasteiger partial charge in [0, 0.05) is 16.6 Å². The summed E-state index contributed by atoms with van der Waals surface area (Å²) in [5.74, 6) is -0.181. The smallest absolute Gasteiger partial charge is 0.264 e. The average molecular weight is 497 g/mol. The highest BCUT2D eigenvalue weighted by Crippen LogP contribution is 2.37. The van der Waals surface area contributed by atoms with Gasteiger partial charge in [-0.05, 0) is 111 Å². The van der Waals surface area contributed by atoms with Crippen molar-refractivity contribution in [3.05, 3.63) is 93.0 Å². The molecule has 5 nitrogen and oxygen atoms in total. The van der Waals surface area contributed by atoms with Crippen LogP contribution in [0.15, 0.2) is 59.5 Å². The van der Waals surface area contributed by atoms with Crippen LogP contribution in [0, 0.1) is 20.8 Å². The van der Waals surface area contributed by atoms with Gasteiger partial charge in [-0.25, -0.2) is 8.42 Å². The van der Waals surface area contributed by atoms with Gasteiger partial charge in [-0.3, -0.25) is 9.10 Å². The molecule has 0 unspecified atom stereocenters. The van der Waals surface area contributed by atoms with Crippen molar-refractivity contribution >= 4 is 33.2 Å². The summed E-state index contributed by atoms with van der Waals surface area (Å²) in [6, 6.07) is 15.2. The van der Waals surface area contributed by atoms with E-state index in [9.17, 15) is 13.2 Å². The number of carbonyl (C=O) groups is 1. The Morgan fingerprint density at radius 1 is 1.00 bits per heavy atom. The summed E-state index contributed by atoms with van der Waals surface area (Å²) in [6.45, 7) is 10.1. The van der Waals surface area contributed by atoms with Crippen LogP contribution in [0.1, 0.15) is 58.1 Å². The van der Waals surface area contributed by atoms with Crippen LogP contribution < -0.4 is 9.62 Å². The van der Waals surface area contributed by atoms with E-state index in [1.165, 1.54) is 27.6 Å². The Bertz CT molecular complexity index is 1370. The molecule has 3 aromatic rings. The fourth-order valence-corrected chi connectivity index (χ4v) is 6.46. The predicted octanol–water partition coefficient (Wildman–Crippen LogP) is 5.90. The standard InChI is InChI=1S/C27H29ClN2O3S/c1-16-12-18(3)25(13-17(16)2)20(5)29-27(31)21-6-11-26-22(15-21)14-19(4)30(26)34(32,33)24-9-7-23(28)8-10-24/h6-13,15,19-20H,14H2,1-5H3,(H,29,31)/t19-,20+/m0/s1. The number of sulfonamides is 1. The quantitative estimate of drug-likeness (QED) is 0.478. The van der Waals surface area contributed by atoms with Gasteiger partial charge in [0.2, 0.25) is 0 Å². The Morgan fingerprint density at radius 3 is 2.32 bits per heavy atom. The summed E-state index contributed by atoms with van der Waals surface area (Å²) < 4.78 is 28.1. The first kappa shape index (κ1) is 24.3. The highest BCUT2D eigenvalue weighted by Gasteiger charge is 2.36. The van der Waals surface area contributed by atoms with E-state index in [1.807, 2.05) is 13.8 Å². The third-order valence-corrected chi connectivity index (χ3v) is 8.76. The fraction of sp³-hybridized carbons (Fsp3) is 0.296. The summed E-state index contributed by atoms with van der Waals surface area (Å²) in [5.41, 5.74) is 6.61. The van der Waals surface area contributed by atoms with E-state index in [0.29, 0.717) is 22.7 Å². The van der Waals surface area contributed by atoms with Gasteiger partial charge in [0.15, 0.2) is 0 Å². The highest BCUT2D eigenvalue weighted by atomic mass is 35.5. The maximum absolute atomic E-state index is 13.3. The second-order valence-electron chi connectivity index (χ2n) is 9.14. The van der Waals surface area contributed by atoms with Gasteiger partial charge >= 0.3 is 0 Å². The molecule has 7 heteroatoms. The number of anilines is 1. The van der Waals surface area contributed by atoms with Crippen molar-refractivity contribution in [3.8, 4) is 0 Å². The molecule has 34 heavy (non-hydrogen) atoms. The van der Waals surface area contributed by atoms with E-state index in [1.54, 1.807) is 30.3 Å². The zero-order valence-electron chi connectivity index (χ0n) is 20.0. The summed E-state index contributed by atoms with van der Waals surface area (Å²) in [5, 5.41) is 3.57. The number of nitrogens with zero attached hydrogens (tertiary/aromatic N) is 1. The molecule has 2 atom stereocenters. The molecule has 0 aromatic heterocycles. The van der Waals surface area contributed by atoms with Gasteiger partial charge in [-0.2, -0.15) is 0 Å². The van der Waals surface area contributed by atoms with E-state index in [0.717, 1.165) is 16.7 Å². The topological polar surface area (TPSA) is 66.5 Å². The Hall–Kier alpha value is -2.83. The number of benzene rings is 3. The maximum Gasteiger partial charge on any atom is 0.264 e. The predicted molar refractivity (Wildman–Crippen MR) is 137 cm³/mol. The van der Waals surface area contributed by atoms with Gasteiger partial charge < -0.3 is 5.32 Å². The van der Waals surface area contributed by atoms with E-state index in [-0.39, 0.29) is 22.9 Å². The molecule has 1 aliphatic rings. The number of aryl methyl sites for hydroxylation is 3. The van der Waals surface area contributed by atoms with E-state index < -0.39 is 10.0 Å². The minimum Gasteiger partial charge on any atom is -0.346 e. The van der Waals surface area contributed by atoms with Crippen molar-refractivity contribution < 1.29 is 13.2 Å². The summed E-state index contributed by atoms with van der Waals surface area (Å²) in [7, 11) is -3.74. The molecule has 0 saturated heterocycles. The number of fused-ring (bicyclic) bond motifs is 1. The first-order valence-electron chi connectivity index (χ1n) is 11.3. The number of amides is 1. The van der Waals surface area contributed by atoms with Crippen molar-refractivity contribution in [2.75, 3.05) is 4.31 Å². The second-order valence-corrected chi connectivity index (χ2v) is 11.4. The second kappa shape index (κ2) is 9.08. The van der Waals surface area contributed by atoms with Crippen LogP contribution in [0.4, 0.5) is 5.69 Å². The molecule has 1 amide bonds. The zero-order chi connectivity index (χ0) is 24.8. The van der Waals surface area contributed by atoms with Crippen LogP contribution in [0.2, 0.25) is 5.02 Å². The van der Waals surface area contributed by atoms with Gasteiger partial charge in [0.25, 0.3) is 15.9 Å². The molecule has 4 rings (SSSR count). The minimum absolute atomic E-state index is 0.152. The normalized spacial score (nSPS) is 16.3. The van der Waals surface area contributed by atoms with Crippen molar-refractivity contribution in [2.24, 2.45) is 0 Å². The molecular formula is C27H29ClN2O3S. The van der Waals surface area contributed by atoms with Gasteiger partial charge in [0.1, 0.15) is 0 Å². The Kier molecular flexibility index (Phi) is 6.49. The van der Waals surface area contributed by atoms with Crippen LogP contribution in [-0.4, -0.2) is 20.4 Å². The Balaban J connectivity index is 1.58. The fourth-order valence-electron chi connectivity index (χ4n) is 4.64. The lowest BCUT2D eigenvalue weighted by atomic mass is 9.96. The molecule has 1 heterocycles. The molecule has 178 valence electrons.